The molecule has 0 spiro atoms. The molecule has 1 aliphatic heterocycles. The quantitative estimate of drug-likeness (QED) is 0.839. The van der Waals surface area contributed by atoms with Crippen LogP contribution in [0.15, 0.2) is 30.5 Å². The highest BCUT2D eigenvalue weighted by Crippen LogP contribution is 2.31. The maximum Gasteiger partial charge on any atom is 0.148 e. The van der Waals surface area contributed by atoms with Crippen LogP contribution in [0.5, 0.6) is 0 Å². The average molecular weight is 331 g/mol. The highest BCUT2D eigenvalue weighted by atomic mass is 19.1. The zero-order valence-electron chi connectivity index (χ0n) is 14.8. The third kappa shape index (κ3) is 3.68. The number of methoxy groups -OCH3 is 1. The van der Waals surface area contributed by atoms with E-state index in [-0.39, 0.29) is 11.2 Å². The van der Waals surface area contributed by atoms with E-state index in [1.807, 2.05) is 19.2 Å². The predicted molar refractivity (Wildman–Crippen MR) is 92.8 cm³/mol. The van der Waals surface area contributed by atoms with Crippen molar-refractivity contribution < 1.29 is 9.13 Å². The summed E-state index contributed by atoms with van der Waals surface area (Å²) in [5, 5.41) is 4.50. The number of aromatic nitrogens is 2. The Hall–Kier alpha value is -1.72. The number of piperidine rings is 1. The van der Waals surface area contributed by atoms with E-state index in [9.17, 15) is 4.39 Å². The van der Waals surface area contributed by atoms with Crippen molar-refractivity contribution in [2.45, 2.75) is 33.2 Å². The van der Waals surface area contributed by atoms with E-state index in [2.05, 4.69) is 16.9 Å². The second kappa shape index (κ2) is 7.03. The molecule has 1 aromatic heterocycles. The van der Waals surface area contributed by atoms with Crippen LogP contribution in [0.1, 0.15) is 31.0 Å². The van der Waals surface area contributed by atoms with Gasteiger partial charge in [0, 0.05) is 25.4 Å². The molecule has 4 nitrogen and oxygen atoms in total. The third-order valence-electron chi connectivity index (χ3n) is 5.05. The fraction of sp³-hybridized carbons (Fsp3) is 0.526. The Bertz CT molecular complexity index is 690. The molecule has 0 radical (unpaired) electrons. The number of ether oxygens (including phenoxy) is 1. The van der Waals surface area contributed by atoms with E-state index in [1.54, 1.807) is 23.9 Å². The maximum absolute atomic E-state index is 13.9. The van der Waals surface area contributed by atoms with E-state index in [0.717, 1.165) is 50.3 Å². The van der Waals surface area contributed by atoms with Crippen molar-refractivity contribution in [3.05, 3.63) is 47.5 Å². The lowest BCUT2D eigenvalue weighted by Gasteiger charge is -2.38. The molecule has 2 aromatic rings. The van der Waals surface area contributed by atoms with Gasteiger partial charge in [0.25, 0.3) is 0 Å². The molecule has 2 heterocycles. The second-order valence-electron chi connectivity index (χ2n) is 7.16. The molecule has 1 aliphatic rings. The summed E-state index contributed by atoms with van der Waals surface area (Å²) >= 11 is 0. The lowest BCUT2D eigenvalue weighted by atomic mass is 9.81. The molecule has 130 valence electrons. The van der Waals surface area contributed by atoms with Crippen LogP contribution in [-0.4, -0.2) is 41.5 Å². The van der Waals surface area contributed by atoms with E-state index >= 15 is 0 Å². The SMILES string of the molecule is COCC1(C)CCN(Cc2cn(-c3ccccc3F)nc2C)CC1. The highest BCUT2D eigenvalue weighted by molar-refractivity contribution is 5.34. The van der Waals surface area contributed by atoms with Crippen molar-refractivity contribution >= 4 is 0 Å². The second-order valence-corrected chi connectivity index (χ2v) is 7.16. The molecule has 0 saturated carbocycles. The molecule has 0 bridgehead atoms. The van der Waals surface area contributed by atoms with E-state index < -0.39 is 0 Å². The van der Waals surface area contributed by atoms with E-state index in [0.29, 0.717) is 5.69 Å². The molecular weight excluding hydrogens is 305 g/mol. The fourth-order valence-corrected chi connectivity index (χ4v) is 3.40. The van der Waals surface area contributed by atoms with Crippen LogP contribution in [0.3, 0.4) is 0 Å². The summed E-state index contributed by atoms with van der Waals surface area (Å²) in [4.78, 5) is 2.45. The molecule has 0 N–H and O–H groups in total. The fourth-order valence-electron chi connectivity index (χ4n) is 3.40. The van der Waals surface area contributed by atoms with Gasteiger partial charge in [0.2, 0.25) is 0 Å². The van der Waals surface area contributed by atoms with Crippen molar-refractivity contribution in [3.8, 4) is 5.69 Å². The van der Waals surface area contributed by atoms with Gasteiger partial charge in [0.1, 0.15) is 11.5 Å². The van der Waals surface area contributed by atoms with Crippen LogP contribution in [0.4, 0.5) is 4.39 Å². The van der Waals surface area contributed by atoms with Gasteiger partial charge in [-0.1, -0.05) is 19.1 Å². The summed E-state index contributed by atoms with van der Waals surface area (Å²) in [6.07, 6.45) is 4.24. The van der Waals surface area contributed by atoms with E-state index in [1.165, 1.54) is 6.07 Å². The molecule has 0 amide bonds. The Balaban J connectivity index is 1.68. The van der Waals surface area contributed by atoms with Gasteiger partial charge in [-0.3, -0.25) is 4.90 Å². The summed E-state index contributed by atoms with van der Waals surface area (Å²) in [5.41, 5.74) is 2.91. The van der Waals surface area contributed by atoms with Crippen LogP contribution in [0, 0.1) is 18.2 Å². The molecular formula is C19H26FN3O. The van der Waals surface area contributed by atoms with Crippen molar-refractivity contribution in [1.29, 1.82) is 0 Å². The van der Waals surface area contributed by atoms with Crippen LogP contribution in [0.25, 0.3) is 5.69 Å². The molecule has 3 rings (SSSR count). The minimum atomic E-state index is -0.250. The number of hydrogen-bond acceptors (Lipinski definition) is 3. The first-order valence-electron chi connectivity index (χ1n) is 8.52. The lowest BCUT2D eigenvalue weighted by molar-refractivity contribution is 0.0322. The third-order valence-corrected chi connectivity index (χ3v) is 5.05. The lowest BCUT2D eigenvalue weighted by Crippen LogP contribution is -2.40. The molecule has 1 aromatic carbocycles. The molecule has 0 aliphatic carbocycles. The maximum atomic E-state index is 13.9. The van der Waals surface area contributed by atoms with Crippen molar-refractivity contribution in [3.63, 3.8) is 0 Å². The van der Waals surface area contributed by atoms with Crippen LogP contribution < -0.4 is 0 Å². The number of halogens is 1. The zero-order chi connectivity index (χ0) is 17.2. The summed E-state index contributed by atoms with van der Waals surface area (Å²) < 4.78 is 21.0. The summed E-state index contributed by atoms with van der Waals surface area (Å²) in [7, 11) is 1.78. The summed E-state index contributed by atoms with van der Waals surface area (Å²) in [5.74, 6) is -0.250. The van der Waals surface area contributed by atoms with E-state index in [4.69, 9.17) is 4.74 Å². The van der Waals surface area contributed by atoms with Gasteiger partial charge in [-0.2, -0.15) is 5.10 Å². The van der Waals surface area contributed by atoms with Crippen molar-refractivity contribution in [2.24, 2.45) is 5.41 Å². The standard InChI is InChI=1S/C19H26FN3O/c1-15-16(12-22-10-8-19(2,9-11-22)14-24-3)13-23(21-15)18-7-5-4-6-17(18)20/h4-7,13H,8-12,14H2,1-3H3. The number of aryl methyl sites for hydroxylation is 1. The monoisotopic (exact) mass is 331 g/mol. The molecule has 5 heteroatoms. The molecule has 1 saturated heterocycles. The highest BCUT2D eigenvalue weighted by Gasteiger charge is 2.30. The number of hydrogen-bond donors (Lipinski definition) is 0. The average Bonchev–Trinajstić information content (AvgIpc) is 2.91. The Labute approximate surface area is 143 Å². The largest absolute Gasteiger partial charge is 0.384 e. The van der Waals surface area contributed by atoms with Crippen LogP contribution >= 0.6 is 0 Å². The number of rotatable bonds is 5. The van der Waals surface area contributed by atoms with Gasteiger partial charge in [-0.25, -0.2) is 9.07 Å². The van der Waals surface area contributed by atoms with Crippen molar-refractivity contribution in [2.75, 3.05) is 26.8 Å². The normalized spacial score (nSPS) is 18.0. The zero-order valence-corrected chi connectivity index (χ0v) is 14.8. The molecule has 1 fully saturated rings. The first-order valence-corrected chi connectivity index (χ1v) is 8.52. The summed E-state index contributed by atoms with van der Waals surface area (Å²) in [6.45, 7) is 8.10. The van der Waals surface area contributed by atoms with Crippen LogP contribution in [0.2, 0.25) is 0 Å². The number of nitrogens with zero attached hydrogens (tertiary/aromatic N) is 3. The van der Waals surface area contributed by atoms with Crippen LogP contribution in [-0.2, 0) is 11.3 Å². The molecule has 0 atom stereocenters. The minimum absolute atomic E-state index is 0.250. The first kappa shape index (κ1) is 17.1. The molecule has 0 unspecified atom stereocenters. The smallest absolute Gasteiger partial charge is 0.148 e. The van der Waals surface area contributed by atoms with Gasteiger partial charge < -0.3 is 4.74 Å². The Kier molecular flexibility index (Phi) is 5.01. The van der Waals surface area contributed by atoms with Gasteiger partial charge in [0.15, 0.2) is 0 Å². The predicted octanol–water partition coefficient (Wildman–Crippen LogP) is 3.57. The Morgan fingerprint density at radius 2 is 1.96 bits per heavy atom. The topological polar surface area (TPSA) is 30.3 Å². The van der Waals surface area contributed by atoms with Crippen molar-refractivity contribution in [1.82, 2.24) is 14.7 Å². The van der Waals surface area contributed by atoms with Gasteiger partial charge in [-0.05, 0) is 50.4 Å². The van der Waals surface area contributed by atoms with Gasteiger partial charge in [0.05, 0.1) is 12.3 Å². The Morgan fingerprint density at radius 1 is 1.25 bits per heavy atom. The minimum Gasteiger partial charge on any atom is -0.384 e. The van der Waals surface area contributed by atoms with Gasteiger partial charge in [-0.15, -0.1) is 0 Å². The summed E-state index contributed by atoms with van der Waals surface area (Å²) in [6, 6.07) is 6.74. The number of likely N-dealkylation sites (tertiary alicyclic amines) is 1. The Morgan fingerprint density at radius 3 is 2.62 bits per heavy atom. The number of para-hydroxylation sites is 1. The number of benzene rings is 1. The first-order chi connectivity index (χ1) is 11.5. The molecule has 24 heavy (non-hydrogen) atoms. The van der Waals surface area contributed by atoms with Gasteiger partial charge >= 0.3 is 0 Å².